The quantitative estimate of drug-likeness (QED) is 0.666. The second kappa shape index (κ2) is 6.30. The summed E-state index contributed by atoms with van der Waals surface area (Å²) in [5, 5.41) is 13.1. The molecule has 5 heterocycles. The number of amides is 1. The number of aromatic nitrogens is 5. The Hall–Kier alpha value is -2.94. The van der Waals surface area contributed by atoms with Gasteiger partial charge in [-0.25, -0.2) is 0 Å². The van der Waals surface area contributed by atoms with Crippen LogP contribution < -0.4 is 0 Å². The number of likely N-dealkylation sites (tertiary alicyclic amines) is 1. The fourth-order valence-corrected chi connectivity index (χ4v) is 4.55. The van der Waals surface area contributed by atoms with E-state index in [1.54, 1.807) is 23.2 Å². The number of carbonyl (C=O) groups excluding carboxylic acids is 1. The normalized spacial score (nSPS) is 19.1. The molecule has 1 saturated heterocycles. The summed E-state index contributed by atoms with van der Waals surface area (Å²) in [5.41, 5.74) is 0.356. The molecule has 0 N–H and O–H groups in total. The SMILES string of the molecule is CN1Cc2nnc(-c3ccco3)n2C2(CCN(C(=O)c3ccn(C)n3)CC2)C1. The van der Waals surface area contributed by atoms with Crippen molar-refractivity contribution in [3.05, 3.63) is 42.2 Å². The summed E-state index contributed by atoms with van der Waals surface area (Å²) in [6, 6.07) is 5.56. The molecule has 3 aromatic rings. The molecule has 5 rings (SSSR count). The summed E-state index contributed by atoms with van der Waals surface area (Å²) in [7, 11) is 3.93. The van der Waals surface area contributed by atoms with E-state index in [9.17, 15) is 4.79 Å². The van der Waals surface area contributed by atoms with Gasteiger partial charge in [0.05, 0.1) is 18.3 Å². The Morgan fingerprint density at radius 2 is 2.00 bits per heavy atom. The van der Waals surface area contributed by atoms with Crippen molar-refractivity contribution in [1.82, 2.24) is 34.3 Å². The smallest absolute Gasteiger partial charge is 0.274 e. The molecule has 1 fully saturated rings. The van der Waals surface area contributed by atoms with Gasteiger partial charge in [0.25, 0.3) is 5.91 Å². The molecular weight excluding hydrogens is 358 g/mol. The van der Waals surface area contributed by atoms with Crippen LogP contribution in [0.25, 0.3) is 11.6 Å². The van der Waals surface area contributed by atoms with E-state index in [-0.39, 0.29) is 11.4 Å². The third kappa shape index (κ3) is 2.65. The average Bonchev–Trinajstić information content (AvgIpc) is 3.41. The summed E-state index contributed by atoms with van der Waals surface area (Å²) in [6.07, 6.45) is 5.14. The van der Waals surface area contributed by atoms with Gasteiger partial charge in [0, 0.05) is 32.9 Å². The van der Waals surface area contributed by atoms with Crippen molar-refractivity contribution >= 4 is 5.91 Å². The maximum atomic E-state index is 12.8. The van der Waals surface area contributed by atoms with Gasteiger partial charge in [0.1, 0.15) is 11.5 Å². The van der Waals surface area contributed by atoms with Crippen LogP contribution in [0, 0.1) is 0 Å². The van der Waals surface area contributed by atoms with Crippen LogP contribution in [0.1, 0.15) is 29.2 Å². The molecule has 1 amide bonds. The number of rotatable bonds is 2. The lowest BCUT2D eigenvalue weighted by atomic mass is 9.84. The highest BCUT2D eigenvalue weighted by Gasteiger charge is 2.44. The Morgan fingerprint density at radius 1 is 1.18 bits per heavy atom. The number of nitrogens with zero attached hydrogens (tertiary/aromatic N) is 7. The van der Waals surface area contributed by atoms with E-state index in [1.165, 1.54) is 0 Å². The molecule has 3 aromatic heterocycles. The molecular formula is C19H23N7O2. The summed E-state index contributed by atoms with van der Waals surface area (Å²) in [5.74, 6) is 2.45. The van der Waals surface area contributed by atoms with Crippen molar-refractivity contribution in [3.63, 3.8) is 0 Å². The number of hydrogen-bond acceptors (Lipinski definition) is 6. The van der Waals surface area contributed by atoms with Crippen LogP contribution in [0.5, 0.6) is 0 Å². The molecule has 2 aliphatic heterocycles. The number of aryl methyl sites for hydroxylation is 1. The first-order valence-electron chi connectivity index (χ1n) is 9.52. The van der Waals surface area contributed by atoms with Crippen LogP contribution in [-0.4, -0.2) is 66.9 Å². The standard InChI is InChI=1S/C19H23N7O2/c1-23-12-16-20-21-17(15-4-3-11-28-15)26(16)19(13-23)6-9-25(10-7-19)18(27)14-5-8-24(2)22-14/h3-5,8,11H,6-7,9-10,12-13H2,1-2H3. The van der Waals surface area contributed by atoms with E-state index in [4.69, 9.17) is 4.42 Å². The Balaban J connectivity index is 1.44. The van der Waals surface area contributed by atoms with Gasteiger partial charge in [0.2, 0.25) is 0 Å². The van der Waals surface area contributed by atoms with E-state index in [0.29, 0.717) is 18.8 Å². The molecule has 9 heteroatoms. The van der Waals surface area contributed by atoms with Crippen LogP contribution in [0.3, 0.4) is 0 Å². The predicted molar refractivity (Wildman–Crippen MR) is 100 cm³/mol. The Morgan fingerprint density at radius 3 is 2.68 bits per heavy atom. The topological polar surface area (TPSA) is 85.2 Å². The van der Waals surface area contributed by atoms with Crippen LogP contribution in [-0.2, 0) is 19.1 Å². The summed E-state index contributed by atoms with van der Waals surface area (Å²) in [4.78, 5) is 17.0. The van der Waals surface area contributed by atoms with E-state index >= 15 is 0 Å². The van der Waals surface area contributed by atoms with Crippen molar-refractivity contribution in [2.75, 3.05) is 26.7 Å². The molecule has 0 saturated carbocycles. The lowest BCUT2D eigenvalue weighted by Crippen LogP contribution is -2.56. The Labute approximate surface area is 162 Å². The van der Waals surface area contributed by atoms with Crippen molar-refractivity contribution < 1.29 is 9.21 Å². The summed E-state index contributed by atoms with van der Waals surface area (Å²) in [6.45, 7) is 3.01. The van der Waals surface area contributed by atoms with Gasteiger partial charge in [-0.2, -0.15) is 5.10 Å². The van der Waals surface area contributed by atoms with Crippen molar-refractivity contribution in [1.29, 1.82) is 0 Å². The Bertz CT molecular complexity index is 996. The van der Waals surface area contributed by atoms with Gasteiger partial charge < -0.3 is 9.32 Å². The van der Waals surface area contributed by atoms with Gasteiger partial charge in [-0.05, 0) is 38.1 Å². The van der Waals surface area contributed by atoms with Gasteiger partial charge in [-0.1, -0.05) is 0 Å². The van der Waals surface area contributed by atoms with Gasteiger partial charge >= 0.3 is 0 Å². The third-order valence-electron chi connectivity index (χ3n) is 5.84. The van der Waals surface area contributed by atoms with E-state index in [2.05, 4.69) is 31.8 Å². The molecule has 0 aliphatic carbocycles. The molecule has 0 bridgehead atoms. The minimum Gasteiger partial charge on any atom is -0.461 e. The molecule has 0 atom stereocenters. The largest absolute Gasteiger partial charge is 0.461 e. The van der Waals surface area contributed by atoms with Crippen molar-refractivity contribution in [3.8, 4) is 11.6 Å². The number of likely N-dealkylation sites (N-methyl/N-ethyl adjacent to an activating group) is 1. The fraction of sp³-hybridized carbons (Fsp3) is 0.474. The minimum atomic E-state index is -0.144. The molecule has 9 nitrogen and oxygen atoms in total. The number of carbonyl (C=O) groups is 1. The zero-order valence-corrected chi connectivity index (χ0v) is 16.1. The maximum Gasteiger partial charge on any atom is 0.274 e. The first-order valence-corrected chi connectivity index (χ1v) is 9.52. The van der Waals surface area contributed by atoms with Gasteiger partial charge in [-0.15, -0.1) is 10.2 Å². The zero-order chi connectivity index (χ0) is 19.3. The van der Waals surface area contributed by atoms with Crippen LogP contribution >= 0.6 is 0 Å². The average molecular weight is 381 g/mol. The number of hydrogen-bond donors (Lipinski definition) is 0. The molecule has 28 heavy (non-hydrogen) atoms. The van der Waals surface area contributed by atoms with E-state index < -0.39 is 0 Å². The third-order valence-corrected chi connectivity index (χ3v) is 5.84. The molecule has 0 aromatic carbocycles. The number of furan rings is 1. The Kier molecular flexibility index (Phi) is 3.87. The fourth-order valence-electron chi connectivity index (χ4n) is 4.55. The second-order valence-electron chi connectivity index (χ2n) is 7.82. The molecule has 1 spiro atoms. The highest BCUT2D eigenvalue weighted by molar-refractivity contribution is 5.92. The van der Waals surface area contributed by atoms with Crippen LogP contribution in [0.2, 0.25) is 0 Å². The molecule has 0 radical (unpaired) electrons. The highest BCUT2D eigenvalue weighted by Crippen LogP contribution is 2.39. The number of fused-ring (bicyclic) bond motifs is 2. The van der Waals surface area contributed by atoms with Crippen molar-refractivity contribution in [2.45, 2.75) is 24.9 Å². The first kappa shape index (κ1) is 17.2. The maximum absolute atomic E-state index is 12.8. The number of piperidine rings is 1. The summed E-state index contributed by atoms with van der Waals surface area (Å²) >= 11 is 0. The molecule has 146 valence electrons. The lowest BCUT2D eigenvalue weighted by Gasteiger charge is -2.47. The van der Waals surface area contributed by atoms with E-state index in [1.807, 2.05) is 24.1 Å². The monoisotopic (exact) mass is 381 g/mol. The van der Waals surface area contributed by atoms with Crippen LogP contribution in [0.15, 0.2) is 35.1 Å². The first-order chi connectivity index (χ1) is 13.6. The highest BCUT2D eigenvalue weighted by atomic mass is 16.3. The minimum absolute atomic E-state index is 0.00477. The zero-order valence-electron chi connectivity index (χ0n) is 16.1. The van der Waals surface area contributed by atoms with Gasteiger partial charge in [-0.3, -0.25) is 18.9 Å². The van der Waals surface area contributed by atoms with E-state index in [0.717, 1.165) is 43.3 Å². The van der Waals surface area contributed by atoms with Gasteiger partial charge in [0.15, 0.2) is 11.6 Å². The second-order valence-corrected chi connectivity index (χ2v) is 7.82. The molecule has 0 unspecified atom stereocenters. The lowest BCUT2D eigenvalue weighted by molar-refractivity contribution is 0.0404. The van der Waals surface area contributed by atoms with Crippen molar-refractivity contribution in [2.24, 2.45) is 7.05 Å². The predicted octanol–water partition coefficient (Wildman–Crippen LogP) is 1.35. The summed E-state index contributed by atoms with van der Waals surface area (Å²) < 4.78 is 9.53. The molecule has 2 aliphatic rings. The van der Waals surface area contributed by atoms with Crippen LogP contribution in [0.4, 0.5) is 0 Å².